The summed E-state index contributed by atoms with van der Waals surface area (Å²) >= 11 is 0. The third kappa shape index (κ3) is 6.16. The number of imidazole rings is 1. The number of aromatic amines is 1. The standard InChI is InChI=1S/C14H15FN2O.C13H16N4O/c1-14(2,3)13(18)10-4-5-12(11(15)8-10)17-7-6-16-9-17;1-8-5-6-9(11(18)13(2,3)4)7-10(8)12-14-16-17-15-12/h4-9H,1-3H3;5-7H,1-4H3,(H,14,15,16,17). The quantitative estimate of drug-likeness (QED) is 0.371. The number of carbonyl (C=O) groups is 2. The summed E-state index contributed by atoms with van der Waals surface area (Å²) in [6.45, 7) is 13.1. The molecular formula is C27H31FN6O2. The van der Waals surface area contributed by atoms with Crippen molar-refractivity contribution in [2.24, 2.45) is 10.8 Å². The second-order valence-corrected chi connectivity index (χ2v) is 10.6. The van der Waals surface area contributed by atoms with Crippen LogP contribution in [0.2, 0.25) is 0 Å². The zero-order valence-corrected chi connectivity index (χ0v) is 21.6. The van der Waals surface area contributed by atoms with Gasteiger partial charge in [-0.3, -0.25) is 9.59 Å². The topological polar surface area (TPSA) is 106 Å². The molecule has 0 saturated heterocycles. The summed E-state index contributed by atoms with van der Waals surface area (Å²) in [5, 5.41) is 13.9. The molecule has 0 bridgehead atoms. The van der Waals surface area contributed by atoms with E-state index in [0.717, 1.165) is 11.1 Å². The number of carbonyl (C=O) groups excluding carboxylic acids is 2. The van der Waals surface area contributed by atoms with Gasteiger partial charge in [0.2, 0.25) is 5.82 Å². The highest BCUT2D eigenvalue weighted by Crippen LogP contribution is 2.26. The number of tetrazole rings is 1. The number of nitrogens with zero attached hydrogens (tertiary/aromatic N) is 5. The first-order chi connectivity index (χ1) is 16.8. The van der Waals surface area contributed by atoms with Gasteiger partial charge in [0.25, 0.3) is 0 Å². The van der Waals surface area contributed by atoms with E-state index in [-0.39, 0.29) is 11.6 Å². The second-order valence-electron chi connectivity index (χ2n) is 10.6. The van der Waals surface area contributed by atoms with Crippen LogP contribution in [0, 0.1) is 23.6 Å². The van der Waals surface area contributed by atoms with Crippen LogP contribution in [-0.2, 0) is 0 Å². The number of halogens is 1. The molecule has 36 heavy (non-hydrogen) atoms. The van der Waals surface area contributed by atoms with Gasteiger partial charge in [-0.2, -0.15) is 5.21 Å². The number of hydrogen-bond acceptors (Lipinski definition) is 6. The zero-order chi connectivity index (χ0) is 26.7. The maximum atomic E-state index is 14.0. The minimum atomic E-state index is -0.511. The van der Waals surface area contributed by atoms with Gasteiger partial charge in [0.1, 0.15) is 5.82 Å². The molecule has 0 unspecified atom stereocenters. The summed E-state index contributed by atoms with van der Waals surface area (Å²) in [6, 6.07) is 10.1. The van der Waals surface area contributed by atoms with Gasteiger partial charge in [-0.1, -0.05) is 53.7 Å². The molecule has 2 heterocycles. The Morgan fingerprint density at radius 1 is 0.917 bits per heavy atom. The van der Waals surface area contributed by atoms with Gasteiger partial charge in [-0.25, -0.2) is 9.37 Å². The number of aromatic nitrogens is 6. The molecule has 4 rings (SSSR count). The van der Waals surface area contributed by atoms with Crippen molar-refractivity contribution in [3.8, 4) is 17.1 Å². The highest BCUT2D eigenvalue weighted by molar-refractivity contribution is 6.01. The first kappa shape index (κ1) is 26.6. The molecule has 0 fully saturated rings. The van der Waals surface area contributed by atoms with Crippen LogP contribution in [0.5, 0.6) is 0 Å². The first-order valence-electron chi connectivity index (χ1n) is 11.5. The minimum absolute atomic E-state index is 0.0708. The number of H-pyrrole nitrogens is 1. The Morgan fingerprint density at radius 2 is 1.53 bits per heavy atom. The molecule has 0 amide bonds. The highest BCUT2D eigenvalue weighted by Gasteiger charge is 2.24. The Labute approximate surface area is 210 Å². The molecule has 4 aromatic rings. The van der Waals surface area contributed by atoms with Crippen molar-refractivity contribution in [2.45, 2.75) is 48.5 Å². The minimum Gasteiger partial charge on any atom is -0.303 e. The molecule has 0 aliphatic heterocycles. The van der Waals surface area contributed by atoms with Gasteiger partial charge in [0.15, 0.2) is 11.6 Å². The van der Waals surface area contributed by atoms with Crippen molar-refractivity contribution in [3.05, 3.63) is 77.6 Å². The highest BCUT2D eigenvalue weighted by atomic mass is 19.1. The molecule has 188 valence electrons. The smallest absolute Gasteiger partial charge is 0.204 e. The summed E-state index contributed by atoms with van der Waals surface area (Å²) in [5.74, 6) is 0.116. The van der Waals surface area contributed by atoms with Gasteiger partial charge in [-0.15, -0.1) is 10.2 Å². The molecule has 0 saturated carbocycles. The van der Waals surface area contributed by atoms with Gasteiger partial charge in [0, 0.05) is 39.9 Å². The fourth-order valence-electron chi connectivity index (χ4n) is 3.41. The molecule has 0 aliphatic carbocycles. The molecule has 1 N–H and O–H groups in total. The lowest BCUT2D eigenvalue weighted by atomic mass is 9.85. The van der Waals surface area contributed by atoms with Crippen LogP contribution in [0.1, 0.15) is 67.8 Å². The largest absolute Gasteiger partial charge is 0.303 e. The number of aryl methyl sites for hydroxylation is 1. The fourth-order valence-corrected chi connectivity index (χ4v) is 3.41. The van der Waals surface area contributed by atoms with Crippen molar-refractivity contribution < 1.29 is 14.0 Å². The molecule has 2 aromatic heterocycles. The SMILES string of the molecule is CC(C)(C)C(=O)c1ccc(-n2ccnc2)c(F)c1.Cc1ccc(C(=O)C(C)(C)C)cc1-c1nn[nH]n1. The Hall–Kier alpha value is -4.01. The molecule has 0 radical (unpaired) electrons. The van der Waals surface area contributed by atoms with E-state index in [4.69, 9.17) is 0 Å². The van der Waals surface area contributed by atoms with E-state index < -0.39 is 16.6 Å². The average molecular weight is 491 g/mol. The van der Waals surface area contributed by atoms with E-state index in [1.165, 1.54) is 12.4 Å². The predicted molar refractivity (Wildman–Crippen MR) is 135 cm³/mol. The monoisotopic (exact) mass is 490 g/mol. The van der Waals surface area contributed by atoms with Crippen molar-refractivity contribution in [3.63, 3.8) is 0 Å². The van der Waals surface area contributed by atoms with Gasteiger partial charge < -0.3 is 4.57 Å². The van der Waals surface area contributed by atoms with Crippen LogP contribution in [0.25, 0.3) is 17.1 Å². The lowest BCUT2D eigenvalue weighted by Crippen LogP contribution is -2.20. The number of nitrogens with one attached hydrogen (secondary N) is 1. The Kier molecular flexibility index (Phi) is 7.62. The zero-order valence-electron chi connectivity index (χ0n) is 21.6. The fraction of sp³-hybridized carbons (Fsp3) is 0.333. The van der Waals surface area contributed by atoms with Crippen LogP contribution >= 0.6 is 0 Å². The summed E-state index contributed by atoms with van der Waals surface area (Å²) in [4.78, 5) is 28.1. The van der Waals surface area contributed by atoms with Gasteiger partial charge in [0.05, 0.1) is 12.0 Å². The van der Waals surface area contributed by atoms with Crippen molar-refractivity contribution in [1.29, 1.82) is 0 Å². The number of benzene rings is 2. The molecule has 0 atom stereocenters. The number of Topliss-reactive ketones (excluding diaryl/α,β-unsaturated/α-hetero) is 2. The van der Waals surface area contributed by atoms with Crippen molar-refractivity contribution >= 4 is 11.6 Å². The second kappa shape index (κ2) is 10.3. The van der Waals surface area contributed by atoms with E-state index >= 15 is 0 Å². The first-order valence-corrected chi connectivity index (χ1v) is 11.5. The van der Waals surface area contributed by atoms with E-state index in [1.807, 2.05) is 66.7 Å². The normalized spacial score (nSPS) is 11.6. The molecule has 0 spiro atoms. The maximum Gasteiger partial charge on any atom is 0.204 e. The summed E-state index contributed by atoms with van der Waals surface area (Å²) in [6.07, 6.45) is 4.75. The van der Waals surface area contributed by atoms with E-state index in [2.05, 4.69) is 25.6 Å². The summed E-state index contributed by atoms with van der Waals surface area (Å²) in [5.41, 5.74) is 2.39. The van der Waals surface area contributed by atoms with Crippen molar-refractivity contribution in [2.75, 3.05) is 0 Å². The molecule has 0 aliphatic rings. The molecule has 2 aromatic carbocycles. The van der Waals surface area contributed by atoms with Gasteiger partial charge in [-0.05, 0) is 42.0 Å². The lowest BCUT2D eigenvalue weighted by molar-refractivity contribution is 0.0852. The van der Waals surface area contributed by atoms with Crippen LogP contribution < -0.4 is 0 Å². The summed E-state index contributed by atoms with van der Waals surface area (Å²) in [7, 11) is 0. The summed E-state index contributed by atoms with van der Waals surface area (Å²) < 4.78 is 15.5. The van der Waals surface area contributed by atoms with Gasteiger partial charge >= 0.3 is 0 Å². The number of hydrogen-bond donors (Lipinski definition) is 1. The molecule has 9 heteroatoms. The van der Waals surface area contributed by atoms with Crippen LogP contribution in [-0.4, -0.2) is 41.7 Å². The van der Waals surface area contributed by atoms with Crippen LogP contribution in [0.15, 0.2) is 55.1 Å². The number of ketones is 2. The molecule has 8 nitrogen and oxygen atoms in total. The van der Waals surface area contributed by atoms with E-state index in [0.29, 0.717) is 22.6 Å². The lowest BCUT2D eigenvalue weighted by Gasteiger charge is -2.17. The Balaban J connectivity index is 0.000000201. The van der Waals surface area contributed by atoms with Crippen LogP contribution in [0.4, 0.5) is 4.39 Å². The van der Waals surface area contributed by atoms with Crippen molar-refractivity contribution in [1.82, 2.24) is 30.2 Å². The van der Waals surface area contributed by atoms with Crippen LogP contribution in [0.3, 0.4) is 0 Å². The maximum absolute atomic E-state index is 14.0. The molecular weight excluding hydrogens is 459 g/mol. The third-order valence-electron chi connectivity index (χ3n) is 5.44. The average Bonchev–Trinajstić information content (AvgIpc) is 3.52. The number of rotatable bonds is 4. The third-order valence-corrected chi connectivity index (χ3v) is 5.44. The van der Waals surface area contributed by atoms with E-state index in [9.17, 15) is 14.0 Å². The van der Waals surface area contributed by atoms with E-state index in [1.54, 1.807) is 29.1 Å². The Bertz CT molecular complexity index is 1350. The Morgan fingerprint density at radius 3 is 2.03 bits per heavy atom. The predicted octanol–water partition coefficient (Wildman–Crippen LogP) is 5.64.